The number of carbonyl (C=O) groups is 1. The molecule has 156 valence electrons. The number of nitrogens with one attached hydrogen (secondary N) is 1. The van der Waals surface area contributed by atoms with Gasteiger partial charge in [0.1, 0.15) is 0 Å². The lowest BCUT2D eigenvalue weighted by Crippen LogP contribution is -2.48. The predicted molar refractivity (Wildman–Crippen MR) is 114 cm³/mol. The maximum atomic E-state index is 12.7. The average molecular weight is 426 g/mol. The fourth-order valence-electron chi connectivity index (χ4n) is 3.56. The summed E-state index contributed by atoms with van der Waals surface area (Å²) in [6.45, 7) is 0.0165. The highest BCUT2D eigenvalue weighted by molar-refractivity contribution is 7.91. The van der Waals surface area contributed by atoms with Crippen LogP contribution in [0.1, 0.15) is 23.2 Å². The van der Waals surface area contributed by atoms with Crippen LogP contribution in [0, 0.1) is 0 Å². The first-order chi connectivity index (χ1) is 14.4. The highest BCUT2D eigenvalue weighted by Crippen LogP contribution is 2.24. The number of hydrogen-bond acceptors (Lipinski definition) is 5. The Labute approximate surface area is 175 Å². The molecule has 2 N–H and O–H groups in total. The molecule has 4 rings (SSSR count). The monoisotopic (exact) mass is 425 g/mol. The second-order valence-corrected chi connectivity index (χ2v) is 9.91. The summed E-state index contributed by atoms with van der Waals surface area (Å²) in [7, 11) is -3.08. The Morgan fingerprint density at radius 2 is 1.80 bits per heavy atom. The number of hydrogen-bond donors (Lipinski definition) is 2. The van der Waals surface area contributed by atoms with Gasteiger partial charge in [-0.15, -0.1) is 0 Å². The van der Waals surface area contributed by atoms with Crippen molar-refractivity contribution in [2.24, 2.45) is 0 Å². The van der Waals surface area contributed by atoms with Gasteiger partial charge in [0.2, 0.25) is 0 Å². The van der Waals surface area contributed by atoms with Crippen molar-refractivity contribution < 1.29 is 18.3 Å². The normalized spacial score (nSPS) is 17.4. The third-order valence-corrected chi connectivity index (χ3v) is 7.05. The number of aromatic nitrogens is 2. The Bertz CT molecular complexity index is 1140. The summed E-state index contributed by atoms with van der Waals surface area (Å²) in [6, 6.07) is 18.8. The number of nitrogens with zero attached hydrogens (tertiary/aromatic N) is 2. The number of amides is 1. The lowest BCUT2D eigenvalue weighted by atomic mass is 9.97. The third-order valence-electron chi connectivity index (χ3n) is 5.40. The van der Waals surface area contributed by atoms with Gasteiger partial charge in [-0.05, 0) is 37.1 Å². The Morgan fingerprint density at radius 1 is 1.07 bits per heavy atom. The van der Waals surface area contributed by atoms with Gasteiger partial charge in [0.15, 0.2) is 9.84 Å². The number of aliphatic hydroxyl groups is 1. The molecule has 8 heteroatoms. The minimum absolute atomic E-state index is 0.0165. The first kappa shape index (κ1) is 20.3. The van der Waals surface area contributed by atoms with Crippen molar-refractivity contribution >= 4 is 15.7 Å². The van der Waals surface area contributed by atoms with Crippen molar-refractivity contribution in [3.63, 3.8) is 0 Å². The molecule has 0 saturated carbocycles. The average Bonchev–Trinajstić information content (AvgIpc) is 3.25. The summed E-state index contributed by atoms with van der Waals surface area (Å²) < 4.78 is 24.9. The molecule has 30 heavy (non-hydrogen) atoms. The van der Waals surface area contributed by atoms with Crippen LogP contribution in [-0.4, -0.2) is 52.9 Å². The standard InChI is InChI=1S/C22H23N3O4S/c26-21(23-16-22(27)10-13-30(28,29)14-11-22)18-7-4-8-19(15-18)25-20(9-12-24-25)17-5-2-1-3-6-17/h1-9,12,15,27H,10-11,13-14,16H2,(H,23,26). The summed E-state index contributed by atoms with van der Waals surface area (Å²) in [4.78, 5) is 12.7. The molecule has 0 radical (unpaired) electrons. The third kappa shape index (κ3) is 4.44. The molecule has 0 bridgehead atoms. The fourth-order valence-corrected chi connectivity index (χ4v) is 5.14. The van der Waals surface area contributed by atoms with Crippen LogP contribution in [0.25, 0.3) is 16.9 Å². The summed E-state index contributed by atoms with van der Waals surface area (Å²) in [5.74, 6) is -0.445. The SMILES string of the molecule is O=C(NCC1(O)CCS(=O)(=O)CC1)c1cccc(-n2nccc2-c2ccccc2)c1. The molecule has 2 aromatic carbocycles. The van der Waals surface area contributed by atoms with E-state index in [-0.39, 0.29) is 36.8 Å². The molecule has 1 saturated heterocycles. The van der Waals surface area contributed by atoms with Crippen LogP contribution >= 0.6 is 0 Å². The Morgan fingerprint density at radius 3 is 2.53 bits per heavy atom. The summed E-state index contributed by atoms with van der Waals surface area (Å²) >= 11 is 0. The molecule has 1 amide bonds. The van der Waals surface area contributed by atoms with Crippen LogP contribution in [0.15, 0.2) is 66.9 Å². The zero-order valence-electron chi connectivity index (χ0n) is 16.4. The number of carbonyl (C=O) groups excluding carboxylic acids is 1. The van der Waals surface area contributed by atoms with Crippen molar-refractivity contribution in [3.05, 3.63) is 72.4 Å². The van der Waals surface area contributed by atoms with Crippen LogP contribution in [-0.2, 0) is 9.84 Å². The van der Waals surface area contributed by atoms with Gasteiger partial charge in [0, 0.05) is 17.7 Å². The van der Waals surface area contributed by atoms with Crippen LogP contribution in [0.5, 0.6) is 0 Å². The zero-order valence-corrected chi connectivity index (χ0v) is 17.2. The van der Waals surface area contributed by atoms with E-state index in [0.29, 0.717) is 5.56 Å². The number of rotatable bonds is 5. The maximum Gasteiger partial charge on any atom is 0.251 e. The molecule has 1 fully saturated rings. The topological polar surface area (TPSA) is 101 Å². The molecule has 0 spiro atoms. The van der Waals surface area contributed by atoms with Crippen molar-refractivity contribution in [2.75, 3.05) is 18.1 Å². The first-order valence-corrected chi connectivity index (χ1v) is 11.6. The largest absolute Gasteiger partial charge is 0.388 e. The molecular formula is C22H23N3O4S. The lowest BCUT2D eigenvalue weighted by Gasteiger charge is -2.31. The second-order valence-electron chi connectivity index (χ2n) is 7.60. The minimum atomic E-state index is -3.08. The lowest BCUT2D eigenvalue weighted by molar-refractivity contribution is 0.0296. The first-order valence-electron chi connectivity index (χ1n) is 9.76. The van der Waals surface area contributed by atoms with Crippen LogP contribution in [0.3, 0.4) is 0 Å². The smallest absolute Gasteiger partial charge is 0.251 e. The van der Waals surface area contributed by atoms with Gasteiger partial charge in [0.25, 0.3) is 5.91 Å². The quantitative estimate of drug-likeness (QED) is 0.653. The van der Waals surface area contributed by atoms with E-state index < -0.39 is 15.4 Å². The van der Waals surface area contributed by atoms with E-state index >= 15 is 0 Å². The van der Waals surface area contributed by atoms with Crippen molar-refractivity contribution in [1.82, 2.24) is 15.1 Å². The van der Waals surface area contributed by atoms with E-state index in [0.717, 1.165) is 16.9 Å². The van der Waals surface area contributed by atoms with Gasteiger partial charge in [0.05, 0.1) is 34.7 Å². The summed E-state index contributed by atoms with van der Waals surface area (Å²) in [6.07, 6.45) is 1.97. The molecule has 7 nitrogen and oxygen atoms in total. The van der Waals surface area contributed by atoms with Crippen LogP contribution in [0.4, 0.5) is 0 Å². The van der Waals surface area contributed by atoms with Crippen LogP contribution < -0.4 is 5.32 Å². The van der Waals surface area contributed by atoms with E-state index in [1.165, 1.54) is 0 Å². The van der Waals surface area contributed by atoms with E-state index in [9.17, 15) is 18.3 Å². The molecule has 1 aliphatic rings. The molecule has 1 aliphatic heterocycles. The molecular weight excluding hydrogens is 402 g/mol. The van der Waals surface area contributed by atoms with Crippen molar-refractivity contribution in [3.8, 4) is 16.9 Å². The van der Waals surface area contributed by atoms with Gasteiger partial charge in [-0.3, -0.25) is 4.79 Å². The fraction of sp³-hybridized carbons (Fsp3) is 0.273. The molecule has 0 unspecified atom stereocenters. The Kier molecular flexibility index (Phi) is 5.44. The summed E-state index contributed by atoms with van der Waals surface area (Å²) in [5.41, 5.74) is 1.91. The van der Waals surface area contributed by atoms with E-state index in [2.05, 4.69) is 10.4 Å². The summed E-state index contributed by atoms with van der Waals surface area (Å²) in [5, 5.41) is 17.7. The molecule has 0 aliphatic carbocycles. The molecule has 3 aromatic rings. The Hall–Kier alpha value is -2.97. The zero-order chi connectivity index (χ0) is 21.2. The highest BCUT2D eigenvalue weighted by atomic mass is 32.2. The molecule has 2 heterocycles. The van der Waals surface area contributed by atoms with Gasteiger partial charge in [-0.25, -0.2) is 13.1 Å². The van der Waals surface area contributed by atoms with E-state index in [1.807, 2.05) is 42.5 Å². The van der Waals surface area contributed by atoms with Gasteiger partial charge in [-0.1, -0.05) is 36.4 Å². The van der Waals surface area contributed by atoms with Crippen LogP contribution in [0.2, 0.25) is 0 Å². The Balaban J connectivity index is 1.49. The minimum Gasteiger partial charge on any atom is -0.388 e. The van der Waals surface area contributed by atoms with E-state index in [4.69, 9.17) is 0 Å². The predicted octanol–water partition coefficient (Wildman–Crippen LogP) is 2.21. The second kappa shape index (κ2) is 8.04. The highest BCUT2D eigenvalue weighted by Gasteiger charge is 2.35. The van der Waals surface area contributed by atoms with Gasteiger partial charge < -0.3 is 10.4 Å². The van der Waals surface area contributed by atoms with Gasteiger partial charge >= 0.3 is 0 Å². The molecule has 1 aromatic heterocycles. The van der Waals surface area contributed by atoms with Crippen molar-refractivity contribution in [1.29, 1.82) is 0 Å². The number of sulfone groups is 1. The van der Waals surface area contributed by atoms with Crippen molar-refractivity contribution in [2.45, 2.75) is 18.4 Å². The van der Waals surface area contributed by atoms with Gasteiger partial charge in [-0.2, -0.15) is 5.10 Å². The number of benzene rings is 2. The van der Waals surface area contributed by atoms with E-state index in [1.54, 1.807) is 29.1 Å². The maximum absolute atomic E-state index is 12.7. The molecule has 0 atom stereocenters.